The molecule has 2 aromatic carbocycles. The summed E-state index contributed by atoms with van der Waals surface area (Å²) < 4.78 is 19.4. The molecule has 0 saturated carbocycles. The highest BCUT2D eigenvalue weighted by Gasteiger charge is 2.23. The normalized spacial score (nSPS) is 14.0. The van der Waals surface area contributed by atoms with Gasteiger partial charge in [-0.15, -0.1) is 0 Å². The van der Waals surface area contributed by atoms with E-state index in [1.165, 1.54) is 11.6 Å². The lowest BCUT2D eigenvalue weighted by atomic mass is 10.1. The second kappa shape index (κ2) is 8.09. The summed E-state index contributed by atoms with van der Waals surface area (Å²) in [4.78, 5) is 16.1. The Morgan fingerprint density at radius 1 is 1.15 bits per heavy atom. The van der Waals surface area contributed by atoms with Crippen LogP contribution >= 0.6 is 0 Å². The van der Waals surface area contributed by atoms with Crippen LogP contribution < -0.4 is 9.64 Å². The van der Waals surface area contributed by atoms with Crippen molar-refractivity contribution < 1.29 is 13.9 Å². The van der Waals surface area contributed by atoms with Gasteiger partial charge in [0, 0.05) is 26.2 Å². The Bertz CT molecular complexity index is 883. The van der Waals surface area contributed by atoms with Crippen LogP contribution in [0.4, 0.5) is 10.1 Å². The number of nitriles is 1. The number of ether oxygens (including phenoxy) is 1. The van der Waals surface area contributed by atoms with Gasteiger partial charge in [0.25, 0.3) is 5.91 Å². The molecular formula is C21H22FN3O2. The highest BCUT2D eigenvalue weighted by Crippen LogP contribution is 2.24. The molecule has 5 nitrogen and oxygen atoms in total. The Hall–Kier alpha value is -3.07. The number of amides is 1. The van der Waals surface area contributed by atoms with Gasteiger partial charge in [0.1, 0.15) is 23.2 Å². The van der Waals surface area contributed by atoms with E-state index in [4.69, 9.17) is 4.74 Å². The molecule has 27 heavy (non-hydrogen) atoms. The van der Waals surface area contributed by atoms with E-state index in [0.717, 1.165) is 5.56 Å². The molecule has 1 fully saturated rings. The number of rotatable bonds is 4. The summed E-state index contributed by atoms with van der Waals surface area (Å²) in [5, 5.41) is 9.19. The van der Waals surface area contributed by atoms with Gasteiger partial charge in [-0.05, 0) is 49.2 Å². The van der Waals surface area contributed by atoms with Crippen molar-refractivity contribution in [2.75, 3.05) is 37.7 Å². The maximum atomic E-state index is 13.8. The average Bonchev–Trinajstić information content (AvgIpc) is 2.68. The predicted molar refractivity (Wildman–Crippen MR) is 101 cm³/mol. The zero-order valence-electron chi connectivity index (χ0n) is 15.5. The molecule has 3 rings (SSSR count). The quantitative estimate of drug-likeness (QED) is 0.833. The third-order valence-electron chi connectivity index (χ3n) is 4.92. The van der Waals surface area contributed by atoms with Crippen LogP contribution in [0.5, 0.6) is 5.75 Å². The lowest BCUT2D eigenvalue weighted by molar-refractivity contribution is -0.133. The minimum atomic E-state index is -0.518. The number of carbonyl (C=O) groups is 1. The number of aryl methyl sites for hydroxylation is 2. The Morgan fingerprint density at radius 3 is 2.56 bits per heavy atom. The zero-order valence-corrected chi connectivity index (χ0v) is 15.5. The highest BCUT2D eigenvalue weighted by molar-refractivity contribution is 5.78. The molecule has 0 spiro atoms. The second-order valence-corrected chi connectivity index (χ2v) is 6.65. The van der Waals surface area contributed by atoms with E-state index in [-0.39, 0.29) is 18.1 Å². The van der Waals surface area contributed by atoms with Crippen molar-refractivity contribution in [2.24, 2.45) is 0 Å². The fourth-order valence-electron chi connectivity index (χ4n) is 3.12. The molecule has 2 aromatic rings. The summed E-state index contributed by atoms with van der Waals surface area (Å²) in [6.45, 7) is 6.14. The van der Waals surface area contributed by atoms with Gasteiger partial charge in [0.15, 0.2) is 6.61 Å². The Kier molecular flexibility index (Phi) is 5.60. The van der Waals surface area contributed by atoms with E-state index >= 15 is 0 Å². The number of carbonyl (C=O) groups excluding carboxylic acids is 1. The van der Waals surface area contributed by atoms with Crippen LogP contribution in [-0.2, 0) is 4.79 Å². The number of nitrogens with zero attached hydrogens (tertiary/aromatic N) is 3. The lowest BCUT2D eigenvalue weighted by Crippen LogP contribution is -2.50. The van der Waals surface area contributed by atoms with Gasteiger partial charge >= 0.3 is 0 Å². The Morgan fingerprint density at radius 2 is 1.89 bits per heavy atom. The number of piperazine rings is 1. The molecule has 0 radical (unpaired) electrons. The molecule has 1 amide bonds. The van der Waals surface area contributed by atoms with E-state index in [9.17, 15) is 14.4 Å². The SMILES string of the molecule is Cc1ccc(OCC(=O)N2CCN(c3cccc(F)c3C#N)CC2)cc1C. The van der Waals surface area contributed by atoms with Crippen LogP contribution in [0.2, 0.25) is 0 Å². The maximum Gasteiger partial charge on any atom is 0.260 e. The molecule has 0 N–H and O–H groups in total. The number of anilines is 1. The Balaban J connectivity index is 1.56. The van der Waals surface area contributed by atoms with Gasteiger partial charge in [-0.25, -0.2) is 4.39 Å². The fraction of sp³-hybridized carbons (Fsp3) is 0.333. The maximum absolute atomic E-state index is 13.8. The van der Waals surface area contributed by atoms with Crippen LogP contribution in [0.3, 0.4) is 0 Å². The number of halogens is 1. The van der Waals surface area contributed by atoms with Crippen molar-refractivity contribution in [1.29, 1.82) is 5.26 Å². The summed E-state index contributed by atoms with van der Waals surface area (Å²) >= 11 is 0. The molecular weight excluding hydrogens is 345 g/mol. The fourth-order valence-corrected chi connectivity index (χ4v) is 3.12. The molecule has 0 unspecified atom stereocenters. The van der Waals surface area contributed by atoms with Crippen LogP contribution in [0.1, 0.15) is 16.7 Å². The summed E-state index contributed by atoms with van der Waals surface area (Å²) in [6, 6.07) is 12.3. The first-order valence-electron chi connectivity index (χ1n) is 8.91. The topological polar surface area (TPSA) is 56.6 Å². The lowest BCUT2D eigenvalue weighted by Gasteiger charge is -2.36. The van der Waals surface area contributed by atoms with Gasteiger partial charge in [-0.1, -0.05) is 12.1 Å². The molecule has 6 heteroatoms. The van der Waals surface area contributed by atoms with E-state index in [0.29, 0.717) is 37.6 Å². The van der Waals surface area contributed by atoms with Crippen LogP contribution in [0.25, 0.3) is 0 Å². The van der Waals surface area contributed by atoms with Crippen molar-refractivity contribution in [3.8, 4) is 11.8 Å². The molecule has 0 aliphatic carbocycles. The van der Waals surface area contributed by atoms with Gasteiger partial charge in [0.05, 0.1) is 5.69 Å². The predicted octanol–water partition coefficient (Wildman–Crippen LogP) is 3.04. The van der Waals surface area contributed by atoms with Gasteiger partial charge < -0.3 is 14.5 Å². The van der Waals surface area contributed by atoms with Gasteiger partial charge in [-0.2, -0.15) is 5.26 Å². The van der Waals surface area contributed by atoms with Crippen molar-refractivity contribution in [3.05, 3.63) is 58.9 Å². The first kappa shape index (κ1) is 18.7. The molecule has 1 saturated heterocycles. The number of benzene rings is 2. The first-order valence-corrected chi connectivity index (χ1v) is 8.91. The Labute approximate surface area is 158 Å². The summed E-state index contributed by atoms with van der Waals surface area (Å²) in [7, 11) is 0. The molecule has 0 atom stereocenters. The van der Waals surface area contributed by atoms with Crippen molar-refractivity contribution in [2.45, 2.75) is 13.8 Å². The van der Waals surface area contributed by atoms with E-state index < -0.39 is 5.82 Å². The molecule has 1 aliphatic rings. The van der Waals surface area contributed by atoms with E-state index in [1.54, 1.807) is 17.0 Å². The van der Waals surface area contributed by atoms with E-state index in [1.807, 2.05) is 43.0 Å². The monoisotopic (exact) mass is 367 g/mol. The minimum absolute atomic E-state index is 0.00802. The number of hydrogen-bond donors (Lipinski definition) is 0. The first-order chi connectivity index (χ1) is 13.0. The summed E-state index contributed by atoms with van der Waals surface area (Å²) in [5.41, 5.74) is 2.93. The molecule has 1 aliphatic heterocycles. The van der Waals surface area contributed by atoms with Crippen molar-refractivity contribution in [3.63, 3.8) is 0 Å². The molecule has 140 valence electrons. The van der Waals surface area contributed by atoms with Gasteiger partial charge in [-0.3, -0.25) is 4.79 Å². The molecule has 1 heterocycles. The highest BCUT2D eigenvalue weighted by atomic mass is 19.1. The van der Waals surface area contributed by atoms with Crippen LogP contribution in [0, 0.1) is 31.0 Å². The third kappa shape index (κ3) is 4.20. The van der Waals surface area contributed by atoms with Gasteiger partial charge in [0.2, 0.25) is 0 Å². The van der Waals surface area contributed by atoms with Crippen molar-refractivity contribution in [1.82, 2.24) is 4.90 Å². The number of hydrogen-bond acceptors (Lipinski definition) is 4. The third-order valence-corrected chi connectivity index (χ3v) is 4.92. The zero-order chi connectivity index (χ0) is 19.4. The van der Waals surface area contributed by atoms with E-state index in [2.05, 4.69) is 0 Å². The van der Waals surface area contributed by atoms with Crippen molar-refractivity contribution >= 4 is 11.6 Å². The minimum Gasteiger partial charge on any atom is -0.484 e. The smallest absolute Gasteiger partial charge is 0.260 e. The van der Waals surface area contributed by atoms with Crippen LogP contribution in [0.15, 0.2) is 36.4 Å². The summed E-state index contributed by atoms with van der Waals surface area (Å²) in [6.07, 6.45) is 0. The average molecular weight is 367 g/mol. The largest absolute Gasteiger partial charge is 0.484 e. The standard InChI is InChI=1S/C21H22FN3O2/c1-15-6-7-17(12-16(15)2)27-14-21(26)25-10-8-24(9-11-25)20-5-3-4-19(22)18(20)13-23/h3-7,12H,8-11,14H2,1-2H3. The van der Waals surface area contributed by atoms with Crippen LogP contribution in [-0.4, -0.2) is 43.6 Å². The summed E-state index contributed by atoms with van der Waals surface area (Å²) in [5.74, 6) is 0.0893. The second-order valence-electron chi connectivity index (χ2n) is 6.65. The molecule has 0 aromatic heterocycles. The molecule has 0 bridgehead atoms.